The number of benzene rings is 1. The first-order valence-corrected chi connectivity index (χ1v) is 8.73. The zero-order valence-electron chi connectivity index (χ0n) is 16.1. The van der Waals surface area contributed by atoms with Gasteiger partial charge in [0.05, 0.1) is 18.2 Å². The van der Waals surface area contributed by atoms with E-state index < -0.39 is 23.7 Å². The molecule has 0 aliphatic carbocycles. The molecule has 158 valence electrons. The highest BCUT2D eigenvalue weighted by Gasteiger charge is 2.30. The minimum Gasteiger partial charge on any atom is -0.437 e. The van der Waals surface area contributed by atoms with E-state index in [2.05, 4.69) is 14.7 Å². The van der Waals surface area contributed by atoms with E-state index in [0.717, 1.165) is 25.3 Å². The van der Waals surface area contributed by atoms with Crippen molar-refractivity contribution in [1.82, 2.24) is 9.97 Å². The number of ether oxygens (including phenoxy) is 3. The van der Waals surface area contributed by atoms with Gasteiger partial charge in [-0.1, -0.05) is 6.92 Å². The number of carbonyl (C=O) groups excluding carboxylic acids is 1. The lowest BCUT2D eigenvalue weighted by Crippen LogP contribution is -2.10. The van der Waals surface area contributed by atoms with Crippen molar-refractivity contribution in [3.8, 4) is 17.4 Å². The second kappa shape index (κ2) is 8.13. The Kier molecular flexibility index (Phi) is 5.77. The Morgan fingerprint density at radius 2 is 1.93 bits per heavy atom. The number of methoxy groups -OCH3 is 1. The molecular weight excluding hydrogens is 408 g/mol. The molecule has 30 heavy (non-hydrogen) atoms. The highest BCUT2D eigenvalue weighted by atomic mass is 19.4. The Balaban J connectivity index is 2.07. The molecule has 0 aliphatic heterocycles. The Bertz CT molecular complexity index is 1100. The minimum absolute atomic E-state index is 0.119. The maximum atomic E-state index is 14.6. The van der Waals surface area contributed by atoms with Crippen LogP contribution in [0.15, 0.2) is 30.5 Å². The minimum atomic E-state index is -4.56. The van der Waals surface area contributed by atoms with E-state index >= 15 is 0 Å². The summed E-state index contributed by atoms with van der Waals surface area (Å²) in [4.78, 5) is 19.6. The lowest BCUT2D eigenvalue weighted by atomic mass is 10.1. The number of hydrogen-bond acceptors (Lipinski definition) is 6. The van der Waals surface area contributed by atoms with E-state index in [4.69, 9.17) is 9.47 Å². The molecule has 0 unspecified atom stereocenters. The fraction of sp³-hybridized carbons (Fsp3) is 0.250. The van der Waals surface area contributed by atoms with Gasteiger partial charge in [-0.2, -0.15) is 13.2 Å². The quantitative estimate of drug-likeness (QED) is 0.401. The van der Waals surface area contributed by atoms with Gasteiger partial charge in [-0.25, -0.2) is 14.2 Å². The van der Waals surface area contributed by atoms with Gasteiger partial charge >= 0.3 is 12.3 Å². The SMILES string of the molecule is CCc1nc2cc(F)c(Oc3ccc(C(F)(F)F)cn3)cc2c(OC(=O)OC)c1C. The number of carbonyl (C=O) groups is 1. The third-order valence-corrected chi connectivity index (χ3v) is 4.29. The molecule has 10 heteroatoms. The highest BCUT2D eigenvalue weighted by Crippen LogP contribution is 2.36. The second-order valence-electron chi connectivity index (χ2n) is 6.21. The first-order valence-electron chi connectivity index (χ1n) is 8.73. The number of halogens is 4. The summed E-state index contributed by atoms with van der Waals surface area (Å²) in [7, 11) is 1.15. The van der Waals surface area contributed by atoms with Gasteiger partial charge in [0.25, 0.3) is 0 Å². The van der Waals surface area contributed by atoms with Crippen molar-refractivity contribution >= 4 is 17.1 Å². The fourth-order valence-corrected chi connectivity index (χ4v) is 2.78. The van der Waals surface area contributed by atoms with Crippen molar-refractivity contribution in [2.24, 2.45) is 0 Å². The lowest BCUT2D eigenvalue weighted by molar-refractivity contribution is -0.137. The highest BCUT2D eigenvalue weighted by molar-refractivity contribution is 5.90. The van der Waals surface area contributed by atoms with Crippen molar-refractivity contribution in [1.29, 1.82) is 0 Å². The van der Waals surface area contributed by atoms with Crippen LogP contribution in [0.1, 0.15) is 23.7 Å². The van der Waals surface area contributed by atoms with Crippen molar-refractivity contribution < 1.29 is 36.6 Å². The third kappa shape index (κ3) is 4.27. The molecule has 0 amide bonds. The number of fused-ring (bicyclic) bond motifs is 1. The van der Waals surface area contributed by atoms with Crippen LogP contribution in [0.3, 0.4) is 0 Å². The average molecular weight is 424 g/mol. The molecule has 0 saturated heterocycles. The standard InChI is InChI=1S/C20H16F4N2O4/c1-4-14-10(2)18(30-19(27)28-3)12-7-16(13(21)8-15(12)26-14)29-17-6-5-11(9-25-17)20(22,23)24/h5-9H,4H2,1-3H3. The van der Waals surface area contributed by atoms with Gasteiger partial charge in [0.1, 0.15) is 5.75 Å². The Morgan fingerprint density at radius 3 is 2.50 bits per heavy atom. The molecule has 1 aromatic carbocycles. The second-order valence-corrected chi connectivity index (χ2v) is 6.21. The predicted octanol–water partition coefficient (Wildman–Crippen LogP) is 5.60. The molecule has 3 rings (SSSR count). The van der Waals surface area contributed by atoms with E-state index in [0.29, 0.717) is 23.9 Å². The maximum absolute atomic E-state index is 14.6. The molecule has 0 aliphatic rings. The molecule has 0 N–H and O–H groups in total. The van der Waals surface area contributed by atoms with Crippen LogP contribution in [-0.2, 0) is 17.3 Å². The first kappa shape index (κ1) is 21.3. The van der Waals surface area contributed by atoms with Gasteiger partial charge in [-0.05, 0) is 25.5 Å². The maximum Gasteiger partial charge on any atom is 0.513 e. The van der Waals surface area contributed by atoms with Crippen LogP contribution in [0.25, 0.3) is 10.9 Å². The molecule has 0 saturated carbocycles. The van der Waals surface area contributed by atoms with Crippen molar-refractivity contribution in [2.45, 2.75) is 26.4 Å². The summed E-state index contributed by atoms with van der Waals surface area (Å²) in [6, 6.07) is 4.06. The zero-order chi connectivity index (χ0) is 22.1. The molecule has 3 aromatic rings. The van der Waals surface area contributed by atoms with Crippen molar-refractivity contribution in [3.05, 3.63) is 53.1 Å². The summed E-state index contributed by atoms with van der Waals surface area (Å²) >= 11 is 0. The summed E-state index contributed by atoms with van der Waals surface area (Å²) < 4.78 is 67.6. The van der Waals surface area contributed by atoms with Crippen LogP contribution in [0.4, 0.5) is 22.4 Å². The number of hydrogen-bond donors (Lipinski definition) is 0. The van der Waals surface area contributed by atoms with Gasteiger partial charge < -0.3 is 14.2 Å². The Labute approximate surface area is 168 Å². The summed E-state index contributed by atoms with van der Waals surface area (Å²) in [6.07, 6.45) is -4.43. The van der Waals surface area contributed by atoms with E-state index in [-0.39, 0.29) is 28.3 Å². The van der Waals surface area contributed by atoms with Crippen LogP contribution >= 0.6 is 0 Å². The van der Waals surface area contributed by atoms with E-state index in [1.54, 1.807) is 6.92 Å². The number of aromatic nitrogens is 2. The smallest absolute Gasteiger partial charge is 0.437 e. The van der Waals surface area contributed by atoms with E-state index in [9.17, 15) is 22.4 Å². The van der Waals surface area contributed by atoms with Gasteiger partial charge in [-0.3, -0.25) is 4.98 Å². The van der Waals surface area contributed by atoms with E-state index in [1.807, 2.05) is 6.92 Å². The molecule has 0 atom stereocenters. The number of pyridine rings is 2. The topological polar surface area (TPSA) is 70.5 Å². The zero-order valence-corrected chi connectivity index (χ0v) is 16.1. The van der Waals surface area contributed by atoms with Gasteiger partial charge in [0.2, 0.25) is 5.88 Å². The molecule has 6 nitrogen and oxygen atoms in total. The van der Waals surface area contributed by atoms with E-state index in [1.165, 1.54) is 6.07 Å². The van der Waals surface area contributed by atoms with Crippen LogP contribution in [0.5, 0.6) is 17.4 Å². The van der Waals surface area contributed by atoms with Crippen LogP contribution in [-0.4, -0.2) is 23.2 Å². The third-order valence-electron chi connectivity index (χ3n) is 4.29. The number of aryl methyl sites for hydroxylation is 1. The summed E-state index contributed by atoms with van der Waals surface area (Å²) in [5.41, 5.74) is 0.399. The number of alkyl halides is 3. The first-order chi connectivity index (χ1) is 14.1. The van der Waals surface area contributed by atoms with Gasteiger partial charge in [-0.15, -0.1) is 0 Å². The van der Waals surface area contributed by atoms with Gasteiger partial charge in [0.15, 0.2) is 11.6 Å². The largest absolute Gasteiger partial charge is 0.513 e. The monoisotopic (exact) mass is 424 g/mol. The Hall–Kier alpha value is -3.43. The van der Waals surface area contributed by atoms with Crippen molar-refractivity contribution in [3.63, 3.8) is 0 Å². The fourth-order valence-electron chi connectivity index (χ4n) is 2.78. The molecule has 0 spiro atoms. The van der Waals surface area contributed by atoms with Crippen LogP contribution in [0, 0.1) is 12.7 Å². The molecule has 2 aromatic heterocycles. The molecular formula is C20H16F4N2O4. The van der Waals surface area contributed by atoms with Crippen LogP contribution < -0.4 is 9.47 Å². The summed E-state index contributed by atoms with van der Waals surface area (Å²) in [5.74, 6) is -1.26. The Morgan fingerprint density at radius 1 is 1.20 bits per heavy atom. The molecule has 0 fully saturated rings. The van der Waals surface area contributed by atoms with Crippen LogP contribution in [0.2, 0.25) is 0 Å². The lowest BCUT2D eigenvalue weighted by Gasteiger charge is -2.15. The summed E-state index contributed by atoms with van der Waals surface area (Å²) in [6.45, 7) is 3.53. The normalized spacial score (nSPS) is 11.4. The molecule has 0 bridgehead atoms. The predicted molar refractivity (Wildman–Crippen MR) is 98.2 cm³/mol. The average Bonchev–Trinajstić information content (AvgIpc) is 2.70. The molecule has 2 heterocycles. The number of rotatable bonds is 4. The van der Waals surface area contributed by atoms with Gasteiger partial charge in [0, 0.05) is 35.0 Å². The summed E-state index contributed by atoms with van der Waals surface area (Å²) in [5, 5.41) is 0.262. The molecule has 0 radical (unpaired) electrons. The number of nitrogens with zero attached hydrogens (tertiary/aromatic N) is 2. The van der Waals surface area contributed by atoms with Crippen molar-refractivity contribution in [2.75, 3.05) is 7.11 Å².